The standard InChI is InChI=1S/C20H15N3O2S2/c1-12-4-9-16-15(11-12)22-19(25-16)13-5-7-14(8-6-13)21-20(26)23-18(24)17-3-2-10-27-17/h2-11H,1H3,(H2,21,23,24,26). The number of rotatable bonds is 3. The number of nitrogens with one attached hydrogen (secondary N) is 2. The molecule has 0 aliphatic carbocycles. The SMILES string of the molecule is Cc1ccc2oc(-c3ccc(NC(=S)NC(=O)c4cccs4)cc3)nc2c1. The highest BCUT2D eigenvalue weighted by atomic mass is 32.1. The third-order valence-electron chi connectivity index (χ3n) is 3.90. The van der Waals surface area contributed by atoms with Crippen LogP contribution in [0.5, 0.6) is 0 Å². The number of anilines is 1. The van der Waals surface area contributed by atoms with Gasteiger partial charge in [-0.2, -0.15) is 0 Å². The Hall–Kier alpha value is -3.03. The lowest BCUT2D eigenvalue weighted by molar-refractivity contribution is 0.0981. The van der Waals surface area contributed by atoms with E-state index in [2.05, 4.69) is 15.6 Å². The molecule has 0 aliphatic heterocycles. The maximum absolute atomic E-state index is 12.0. The third kappa shape index (κ3) is 3.89. The first kappa shape index (κ1) is 17.4. The molecule has 0 unspecified atom stereocenters. The molecular weight excluding hydrogens is 378 g/mol. The van der Waals surface area contributed by atoms with E-state index in [0.717, 1.165) is 27.9 Å². The second kappa shape index (κ2) is 7.30. The Kier molecular flexibility index (Phi) is 4.70. The topological polar surface area (TPSA) is 67.2 Å². The van der Waals surface area contributed by atoms with E-state index in [0.29, 0.717) is 10.8 Å². The predicted octanol–water partition coefficient (Wildman–Crippen LogP) is 4.99. The van der Waals surface area contributed by atoms with Gasteiger partial charge in [-0.15, -0.1) is 11.3 Å². The van der Waals surface area contributed by atoms with Crippen LogP contribution < -0.4 is 10.6 Å². The molecular formula is C20H15N3O2S2. The zero-order valence-corrected chi connectivity index (χ0v) is 16.0. The lowest BCUT2D eigenvalue weighted by atomic mass is 10.2. The molecule has 134 valence electrons. The molecule has 27 heavy (non-hydrogen) atoms. The minimum atomic E-state index is -0.221. The van der Waals surface area contributed by atoms with Crippen molar-refractivity contribution in [1.82, 2.24) is 10.3 Å². The number of benzene rings is 2. The minimum Gasteiger partial charge on any atom is -0.436 e. The van der Waals surface area contributed by atoms with Gasteiger partial charge in [0, 0.05) is 11.3 Å². The van der Waals surface area contributed by atoms with E-state index in [-0.39, 0.29) is 11.0 Å². The number of aromatic nitrogens is 1. The molecule has 2 N–H and O–H groups in total. The van der Waals surface area contributed by atoms with Crippen LogP contribution in [0.2, 0.25) is 0 Å². The second-order valence-electron chi connectivity index (χ2n) is 5.95. The quantitative estimate of drug-likeness (QED) is 0.480. The van der Waals surface area contributed by atoms with E-state index in [9.17, 15) is 4.79 Å². The van der Waals surface area contributed by atoms with Crippen LogP contribution in [0, 0.1) is 6.92 Å². The average molecular weight is 393 g/mol. The van der Waals surface area contributed by atoms with Gasteiger partial charge >= 0.3 is 0 Å². The number of thiocarbonyl (C=S) groups is 1. The molecule has 0 saturated heterocycles. The van der Waals surface area contributed by atoms with Crippen molar-refractivity contribution in [3.05, 3.63) is 70.4 Å². The molecule has 2 heterocycles. The molecule has 0 saturated carbocycles. The Morgan fingerprint density at radius 1 is 1.15 bits per heavy atom. The first-order valence-corrected chi connectivity index (χ1v) is 9.51. The lowest BCUT2D eigenvalue weighted by Gasteiger charge is -2.09. The van der Waals surface area contributed by atoms with Crippen LogP contribution in [0.15, 0.2) is 64.4 Å². The minimum absolute atomic E-state index is 0.221. The molecule has 4 rings (SSSR count). The van der Waals surface area contributed by atoms with Crippen molar-refractivity contribution in [2.24, 2.45) is 0 Å². The zero-order valence-electron chi connectivity index (χ0n) is 14.4. The van der Waals surface area contributed by atoms with E-state index in [1.165, 1.54) is 11.3 Å². The monoisotopic (exact) mass is 393 g/mol. The maximum Gasteiger partial charge on any atom is 0.267 e. The molecule has 2 aromatic carbocycles. The zero-order chi connectivity index (χ0) is 18.8. The normalized spacial score (nSPS) is 10.7. The van der Waals surface area contributed by atoms with Gasteiger partial charge in [-0.1, -0.05) is 12.1 Å². The second-order valence-corrected chi connectivity index (χ2v) is 7.31. The van der Waals surface area contributed by atoms with Gasteiger partial charge < -0.3 is 9.73 Å². The summed E-state index contributed by atoms with van der Waals surface area (Å²) in [4.78, 5) is 17.2. The largest absolute Gasteiger partial charge is 0.436 e. The molecule has 0 aliphatic rings. The summed E-state index contributed by atoms with van der Waals surface area (Å²) in [6.07, 6.45) is 0. The summed E-state index contributed by atoms with van der Waals surface area (Å²) < 4.78 is 5.81. The lowest BCUT2D eigenvalue weighted by Crippen LogP contribution is -2.33. The van der Waals surface area contributed by atoms with Crippen molar-refractivity contribution < 1.29 is 9.21 Å². The van der Waals surface area contributed by atoms with Gasteiger partial charge in [0.25, 0.3) is 5.91 Å². The van der Waals surface area contributed by atoms with Gasteiger partial charge in [0.15, 0.2) is 10.7 Å². The Bertz CT molecular complexity index is 1120. The van der Waals surface area contributed by atoms with Crippen molar-refractivity contribution >= 4 is 51.4 Å². The van der Waals surface area contributed by atoms with Crippen molar-refractivity contribution in [1.29, 1.82) is 0 Å². The number of carbonyl (C=O) groups excluding carboxylic acids is 1. The summed E-state index contributed by atoms with van der Waals surface area (Å²) in [6.45, 7) is 2.02. The summed E-state index contributed by atoms with van der Waals surface area (Å²) in [7, 11) is 0. The van der Waals surface area contributed by atoms with Crippen LogP contribution in [0.3, 0.4) is 0 Å². The van der Waals surface area contributed by atoms with Crippen LogP contribution in [-0.4, -0.2) is 16.0 Å². The smallest absolute Gasteiger partial charge is 0.267 e. The molecule has 4 aromatic rings. The van der Waals surface area contributed by atoms with E-state index in [1.54, 1.807) is 6.07 Å². The number of oxazole rings is 1. The van der Waals surface area contributed by atoms with E-state index in [1.807, 2.05) is 60.8 Å². The molecule has 0 fully saturated rings. The Morgan fingerprint density at radius 2 is 1.96 bits per heavy atom. The van der Waals surface area contributed by atoms with E-state index < -0.39 is 0 Å². The van der Waals surface area contributed by atoms with E-state index in [4.69, 9.17) is 16.6 Å². The first-order chi connectivity index (χ1) is 13.1. The number of thiophene rings is 1. The van der Waals surface area contributed by atoms with Crippen LogP contribution in [0.1, 0.15) is 15.2 Å². The molecule has 5 nitrogen and oxygen atoms in total. The fourth-order valence-electron chi connectivity index (χ4n) is 2.59. The van der Waals surface area contributed by atoms with Gasteiger partial charge in [-0.3, -0.25) is 10.1 Å². The summed E-state index contributed by atoms with van der Waals surface area (Å²) >= 11 is 6.56. The number of carbonyl (C=O) groups is 1. The number of fused-ring (bicyclic) bond motifs is 1. The fourth-order valence-corrected chi connectivity index (χ4v) is 3.42. The van der Waals surface area contributed by atoms with Gasteiger partial charge in [0.1, 0.15) is 5.52 Å². The Morgan fingerprint density at radius 3 is 2.70 bits per heavy atom. The van der Waals surface area contributed by atoms with Crippen LogP contribution >= 0.6 is 23.6 Å². The summed E-state index contributed by atoms with van der Waals surface area (Å²) in [5.41, 5.74) is 4.37. The third-order valence-corrected chi connectivity index (χ3v) is 4.98. The Labute approximate surface area is 165 Å². The van der Waals surface area contributed by atoms with Crippen LogP contribution in [-0.2, 0) is 0 Å². The number of hydrogen-bond acceptors (Lipinski definition) is 5. The number of amides is 1. The van der Waals surface area contributed by atoms with Crippen LogP contribution in [0.4, 0.5) is 5.69 Å². The van der Waals surface area contributed by atoms with Gasteiger partial charge in [-0.05, 0) is 72.5 Å². The molecule has 0 atom stereocenters. The number of nitrogens with zero attached hydrogens (tertiary/aromatic N) is 1. The molecule has 1 amide bonds. The van der Waals surface area contributed by atoms with Crippen LogP contribution in [0.25, 0.3) is 22.6 Å². The summed E-state index contributed by atoms with van der Waals surface area (Å²) in [5, 5.41) is 7.76. The fraction of sp³-hybridized carbons (Fsp3) is 0.0500. The van der Waals surface area contributed by atoms with Crippen molar-refractivity contribution in [3.63, 3.8) is 0 Å². The first-order valence-electron chi connectivity index (χ1n) is 8.22. The Balaban J connectivity index is 1.45. The van der Waals surface area contributed by atoms with Crippen molar-refractivity contribution in [2.75, 3.05) is 5.32 Å². The summed E-state index contributed by atoms with van der Waals surface area (Å²) in [5.74, 6) is 0.344. The molecule has 0 bridgehead atoms. The molecule has 2 aromatic heterocycles. The highest BCUT2D eigenvalue weighted by molar-refractivity contribution is 7.80. The van der Waals surface area contributed by atoms with E-state index >= 15 is 0 Å². The van der Waals surface area contributed by atoms with Crippen molar-refractivity contribution in [2.45, 2.75) is 6.92 Å². The van der Waals surface area contributed by atoms with Gasteiger partial charge in [-0.25, -0.2) is 4.98 Å². The average Bonchev–Trinajstić information content (AvgIpc) is 3.31. The maximum atomic E-state index is 12.0. The van der Waals surface area contributed by atoms with Crippen molar-refractivity contribution in [3.8, 4) is 11.5 Å². The summed E-state index contributed by atoms with van der Waals surface area (Å²) in [6, 6.07) is 17.0. The highest BCUT2D eigenvalue weighted by Crippen LogP contribution is 2.26. The van der Waals surface area contributed by atoms with Gasteiger partial charge in [0.05, 0.1) is 4.88 Å². The number of hydrogen-bond donors (Lipinski definition) is 2. The highest BCUT2D eigenvalue weighted by Gasteiger charge is 2.10. The van der Waals surface area contributed by atoms with Gasteiger partial charge in [0.2, 0.25) is 5.89 Å². The molecule has 7 heteroatoms. The predicted molar refractivity (Wildman–Crippen MR) is 112 cm³/mol. The molecule has 0 spiro atoms. The molecule has 0 radical (unpaired) electrons. The number of aryl methyl sites for hydroxylation is 1.